The number of hydrogen-bond donors (Lipinski definition) is 3. The predicted molar refractivity (Wildman–Crippen MR) is 89.6 cm³/mol. The Morgan fingerprint density at radius 1 is 1.42 bits per heavy atom. The van der Waals surface area contributed by atoms with Gasteiger partial charge in [0, 0.05) is 6.54 Å². The van der Waals surface area contributed by atoms with E-state index < -0.39 is 23.6 Å². The molecule has 0 aliphatic carbocycles. The van der Waals surface area contributed by atoms with Crippen molar-refractivity contribution in [2.75, 3.05) is 13.1 Å². The summed E-state index contributed by atoms with van der Waals surface area (Å²) in [6.07, 6.45) is 0.400. The van der Waals surface area contributed by atoms with E-state index in [-0.39, 0.29) is 24.3 Å². The van der Waals surface area contributed by atoms with Gasteiger partial charge in [0.05, 0.1) is 18.5 Å². The Hall–Kier alpha value is -1.83. The van der Waals surface area contributed by atoms with Crippen molar-refractivity contribution >= 4 is 17.9 Å². The van der Waals surface area contributed by atoms with Gasteiger partial charge in [-0.05, 0) is 39.5 Å². The highest BCUT2D eigenvalue weighted by atomic mass is 16.6. The minimum atomic E-state index is -0.729. The van der Waals surface area contributed by atoms with Crippen molar-refractivity contribution in [3.8, 4) is 0 Å². The van der Waals surface area contributed by atoms with E-state index in [0.29, 0.717) is 19.4 Å². The lowest BCUT2D eigenvalue weighted by atomic mass is 10.0. The van der Waals surface area contributed by atoms with Crippen LogP contribution in [0.2, 0.25) is 0 Å². The predicted octanol–water partition coefficient (Wildman–Crippen LogP) is 0.764. The number of carbonyl (C=O) groups is 3. The smallest absolute Gasteiger partial charge is 0.429 e. The molecule has 24 heavy (non-hydrogen) atoms. The lowest BCUT2D eigenvalue weighted by Gasteiger charge is -2.29. The Morgan fingerprint density at radius 3 is 2.50 bits per heavy atom. The molecular weight excluding hydrogens is 312 g/mol. The number of carbonyl (C=O) groups excluding carboxylic acids is 3. The van der Waals surface area contributed by atoms with Gasteiger partial charge in [-0.2, -0.15) is 0 Å². The van der Waals surface area contributed by atoms with Gasteiger partial charge in [-0.3, -0.25) is 15.0 Å². The van der Waals surface area contributed by atoms with Crippen LogP contribution < -0.4 is 16.5 Å². The zero-order valence-electron chi connectivity index (χ0n) is 15.2. The van der Waals surface area contributed by atoms with Gasteiger partial charge in [0.2, 0.25) is 5.91 Å². The molecule has 0 aromatic heterocycles. The number of nitrogens with two attached hydrogens (primary N) is 1. The molecule has 0 unspecified atom stereocenters. The Bertz CT molecular complexity index is 473. The molecule has 0 aromatic rings. The molecule has 1 aliphatic rings. The summed E-state index contributed by atoms with van der Waals surface area (Å²) in [6, 6.07) is -0.729. The van der Waals surface area contributed by atoms with Crippen LogP contribution in [0.3, 0.4) is 0 Å². The molecule has 138 valence electrons. The molecule has 1 saturated heterocycles. The Morgan fingerprint density at radius 2 is 2.04 bits per heavy atom. The standard InChI is InChI=1S/C16H30N4O4/c1-10(2)8-12(17)14(22)19-20(15(23)24-16(3,4)5)9-11-6-7-18-13(11)21/h10-12H,6-9,17H2,1-5H3,(H,18,21)(H,19,22)/t11-,12+/m1/s1. The molecule has 1 fully saturated rings. The topological polar surface area (TPSA) is 114 Å². The largest absolute Gasteiger partial charge is 0.442 e. The zero-order valence-corrected chi connectivity index (χ0v) is 15.2. The van der Waals surface area contributed by atoms with E-state index in [1.807, 2.05) is 13.8 Å². The average Bonchev–Trinajstić information content (AvgIpc) is 2.80. The summed E-state index contributed by atoms with van der Waals surface area (Å²) >= 11 is 0. The van der Waals surface area contributed by atoms with Crippen LogP contribution in [-0.2, 0) is 14.3 Å². The van der Waals surface area contributed by atoms with Crippen LogP contribution in [0.1, 0.15) is 47.5 Å². The SMILES string of the molecule is CC(C)C[C@H](N)C(=O)NN(C[C@H]1CCNC1=O)C(=O)OC(C)(C)C. The Labute approximate surface area is 143 Å². The van der Waals surface area contributed by atoms with Crippen molar-refractivity contribution in [1.82, 2.24) is 15.8 Å². The van der Waals surface area contributed by atoms with E-state index >= 15 is 0 Å². The van der Waals surface area contributed by atoms with E-state index in [1.165, 1.54) is 0 Å². The summed E-state index contributed by atoms with van der Waals surface area (Å²) in [5, 5.41) is 3.77. The monoisotopic (exact) mass is 342 g/mol. The van der Waals surface area contributed by atoms with Crippen LogP contribution in [-0.4, -0.2) is 47.6 Å². The van der Waals surface area contributed by atoms with Crippen molar-refractivity contribution in [2.45, 2.75) is 59.1 Å². The number of rotatable bonds is 5. The molecule has 0 bridgehead atoms. The summed E-state index contributed by atoms with van der Waals surface area (Å²) in [6.45, 7) is 9.74. The summed E-state index contributed by atoms with van der Waals surface area (Å²) < 4.78 is 5.31. The van der Waals surface area contributed by atoms with Gasteiger partial charge in [0.1, 0.15) is 5.60 Å². The second-order valence-corrected chi connectivity index (χ2v) is 7.58. The first-order valence-electron chi connectivity index (χ1n) is 8.34. The van der Waals surface area contributed by atoms with E-state index in [4.69, 9.17) is 10.5 Å². The van der Waals surface area contributed by atoms with E-state index in [2.05, 4.69) is 10.7 Å². The van der Waals surface area contributed by atoms with E-state index in [9.17, 15) is 14.4 Å². The molecule has 0 saturated carbocycles. The third-order valence-corrected chi connectivity index (χ3v) is 3.49. The second kappa shape index (κ2) is 8.32. The number of hydrazine groups is 1. The van der Waals surface area contributed by atoms with Crippen LogP contribution in [0.25, 0.3) is 0 Å². The molecule has 2 atom stereocenters. The Kier molecular flexibility index (Phi) is 7.01. The molecule has 0 spiro atoms. The molecule has 4 N–H and O–H groups in total. The first-order valence-corrected chi connectivity index (χ1v) is 8.34. The van der Waals surface area contributed by atoms with Crippen LogP contribution in [0.5, 0.6) is 0 Å². The molecule has 8 heteroatoms. The first-order chi connectivity index (χ1) is 11.0. The van der Waals surface area contributed by atoms with Crippen molar-refractivity contribution < 1.29 is 19.1 Å². The van der Waals surface area contributed by atoms with Crippen molar-refractivity contribution in [1.29, 1.82) is 0 Å². The fourth-order valence-electron chi connectivity index (χ4n) is 2.35. The fourth-order valence-corrected chi connectivity index (χ4v) is 2.35. The summed E-state index contributed by atoms with van der Waals surface area (Å²) in [5.41, 5.74) is 7.66. The number of hydrogen-bond acceptors (Lipinski definition) is 5. The Balaban J connectivity index is 2.78. The molecular formula is C16H30N4O4. The molecule has 0 radical (unpaired) electrons. The molecule has 8 nitrogen and oxygen atoms in total. The summed E-state index contributed by atoms with van der Waals surface area (Å²) in [4.78, 5) is 36.3. The fraction of sp³-hybridized carbons (Fsp3) is 0.812. The highest BCUT2D eigenvalue weighted by Gasteiger charge is 2.32. The van der Waals surface area contributed by atoms with Crippen molar-refractivity contribution in [3.05, 3.63) is 0 Å². The number of amides is 3. The summed E-state index contributed by atoms with van der Waals surface area (Å²) in [5.74, 6) is -0.724. The molecule has 3 amide bonds. The minimum absolute atomic E-state index is 0.0564. The van der Waals surface area contributed by atoms with Crippen molar-refractivity contribution in [3.63, 3.8) is 0 Å². The van der Waals surface area contributed by atoms with Crippen LogP contribution >= 0.6 is 0 Å². The number of ether oxygens (including phenoxy) is 1. The van der Waals surface area contributed by atoms with Gasteiger partial charge in [-0.25, -0.2) is 9.80 Å². The molecule has 0 aromatic carbocycles. The quantitative estimate of drug-likeness (QED) is 0.638. The second-order valence-electron chi connectivity index (χ2n) is 7.58. The average molecular weight is 342 g/mol. The van der Waals surface area contributed by atoms with Gasteiger partial charge >= 0.3 is 6.09 Å². The molecule has 1 heterocycles. The molecule has 1 rings (SSSR count). The van der Waals surface area contributed by atoms with Crippen LogP contribution in [0, 0.1) is 11.8 Å². The third kappa shape index (κ3) is 6.74. The first kappa shape index (κ1) is 20.2. The van der Waals surface area contributed by atoms with E-state index in [1.54, 1.807) is 20.8 Å². The van der Waals surface area contributed by atoms with Gasteiger partial charge in [-0.1, -0.05) is 13.8 Å². The van der Waals surface area contributed by atoms with Gasteiger partial charge in [0.25, 0.3) is 5.91 Å². The van der Waals surface area contributed by atoms with Gasteiger partial charge in [-0.15, -0.1) is 0 Å². The van der Waals surface area contributed by atoms with E-state index in [0.717, 1.165) is 5.01 Å². The van der Waals surface area contributed by atoms with Crippen LogP contribution in [0.15, 0.2) is 0 Å². The lowest BCUT2D eigenvalue weighted by molar-refractivity contribution is -0.129. The van der Waals surface area contributed by atoms with Gasteiger partial charge < -0.3 is 15.8 Å². The number of nitrogens with zero attached hydrogens (tertiary/aromatic N) is 1. The number of nitrogens with one attached hydrogen (secondary N) is 2. The zero-order chi connectivity index (χ0) is 18.5. The minimum Gasteiger partial charge on any atom is -0.442 e. The molecule has 1 aliphatic heterocycles. The highest BCUT2D eigenvalue weighted by molar-refractivity contribution is 5.84. The lowest BCUT2D eigenvalue weighted by Crippen LogP contribution is -2.55. The van der Waals surface area contributed by atoms with Crippen LogP contribution in [0.4, 0.5) is 4.79 Å². The van der Waals surface area contributed by atoms with Crippen molar-refractivity contribution in [2.24, 2.45) is 17.6 Å². The highest BCUT2D eigenvalue weighted by Crippen LogP contribution is 2.14. The summed E-state index contributed by atoms with van der Waals surface area (Å²) in [7, 11) is 0. The maximum absolute atomic E-state index is 12.4. The maximum atomic E-state index is 12.4. The maximum Gasteiger partial charge on any atom is 0.429 e. The van der Waals surface area contributed by atoms with Gasteiger partial charge in [0.15, 0.2) is 0 Å². The normalized spacial score (nSPS) is 19.0. The third-order valence-electron chi connectivity index (χ3n) is 3.49.